The molecule has 0 saturated heterocycles. The van der Waals surface area contributed by atoms with E-state index >= 15 is 0 Å². The van der Waals surface area contributed by atoms with E-state index in [1.54, 1.807) is 30.8 Å². The number of nitrogens with one attached hydrogen (secondary N) is 1. The Balaban J connectivity index is 2.29. The van der Waals surface area contributed by atoms with Crippen LogP contribution in [0, 0.1) is 0 Å². The molecule has 0 spiro atoms. The highest BCUT2D eigenvalue weighted by molar-refractivity contribution is 7.10. The van der Waals surface area contributed by atoms with Crippen LogP contribution in [0.2, 0.25) is 0 Å². The number of hydrogen-bond acceptors (Lipinski definition) is 5. The van der Waals surface area contributed by atoms with Crippen molar-refractivity contribution in [2.45, 2.75) is 6.04 Å². The van der Waals surface area contributed by atoms with Crippen LogP contribution in [0.25, 0.3) is 0 Å². The van der Waals surface area contributed by atoms with Gasteiger partial charge in [-0.15, -0.1) is 11.3 Å². The number of methoxy groups -OCH3 is 1. The first kappa shape index (κ1) is 11.1. The minimum absolute atomic E-state index is 0.0393. The third-order valence-electron chi connectivity index (χ3n) is 2.30. The van der Waals surface area contributed by atoms with E-state index in [2.05, 4.69) is 10.4 Å². The third-order valence-corrected chi connectivity index (χ3v) is 3.28. The molecule has 3 N–H and O–H groups in total. The molecule has 2 heterocycles. The molecule has 0 aliphatic rings. The number of nitrogens with zero attached hydrogens (tertiary/aromatic N) is 1. The Morgan fingerprint density at radius 1 is 1.56 bits per heavy atom. The van der Waals surface area contributed by atoms with Crippen molar-refractivity contribution in [3.05, 3.63) is 46.4 Å². The van der Waals surface area contributed by atoms with Gasteiger partial charge in [0.25, 0.3) is 0 Å². The summed E-state index contributed by atoms with van der Waals surface area (Å²) >= 11 is 1.61. The number of hydrazine groups is 1. The first-order valence-electron chi connectivity index (χ1n) is 4.83. The monoisotopic (exact) mass is 235 g/mol. The van der Waals surface area contributed by atoms with Crippen molar-refractivity contribution in [1.82, 2.24) is 10.4 Å². The van der Waals surface area contributed by atoms with E-state index in [0.717, 1.165) is 16.2 Å². The molecular formula is C11H13N3OS. The maximum atomic E-state index is 5.58. The van der Waals surface area contributed by atoms with Gasteiger partial charge in [0.2, 0.25) is 0 Å². The zero-order chi connectivity index (χ0) is 11.4. The Kier molecular flexibility index (Phi) is 3.51. The van der Waals surface area contributed by atoms with E-state index in [-0.39, 0.29) is 6.04 Å². The van der Waals surface area contributed by atoms with E-state index in [1.165, 1.54) is 0 Å². The average molecular weight is 235 g/mol. The highest BCUT2D eigenvalue weighted by atomic mass is 32.1. The predicted octanol–water partition coefficient (Wildman–Crippen LogP) is 1.70. The molecule has 0 aliphatic carbocycles. The van der Waals surface area contributed by atoms with Gasteiger partial charge in [-0.25, -0.2) is 5.43 Å². The Labute approximate surface area is 98.1 Å². The van der Waals surface area contributed by atoms with Crippen molar-refractivity contribution < 1.29 is 4.74 Å². The predicted molar refractivity (Wildman–Crippen MR) is 64.3 cm³/mol. The summed E-state index contributed by atoms with van der Waals surface area (Å²) in [6.45, 7) is 0. The smallest absolute Gasteiger partial charge is 0.129 e. The molecule has 4 nitrogen and oxygen atoms in total. The number of nitrogens with two attached hydrogens (primary N) is 1. The fourth-order valence-electron chi connectivity index (χ4n) is 1.48. The fraction of sp³-hybridized carbons (Fsp3) is 0.182. The van der Waals surface area contributed by atoms with Crippen molar-refractivity contribution in [3.8, 4) is 5.75 Å². The van der Waals surface area contributed by atoms with Crippen LogP contribution >= 0.6 is 11.3 Å². The van der Waals surface area contributed by atoms with Crippen molar-refractivity contribution in [3.63, 3.8) is 0 Å². The molecular weight excluding hydrogens is 222 g/mol. The highest BCUT2D eigenvalue weighted by Crippen LogP contribution is 2.30. The van der Waals surface area contributed by atoms with Gasteiger partial charge in [-0.05, 0) is 17.7 Å². The van der Waals surface area contributed by atoms with Gasteiger partial charge in [0, 0.05) is 22.7 Å². The zero-order valence-electron chi connectivity index (χ0n) is 8.88. The van der Waals surface area contributed by atoms with Gasteiger partial charge in [-0.1, -0.05) is 6.07 Å². The number of pyridine rings is 1. The van der Waals surface area contributed by atoms with Crippen LogP contribution in [0.5, 0.6) is 5.75 Å². The van der Waals surface area contributed by atoms with Gasteiger partial charge in [0.05, 0.1) is 13.2 Å². The van der Waals surface area contributed by atoms with E-state index in [1.807, 2.05) is 23.6 Å². The lowest BCUT2D eigenvalue weighted by Crippen LogP contribution is -2.28. The normalized spacial score (nSPS) is 12.4. The number of aromatic nitrogens is 1. The second kappa shape index (κ2) is 5.07. The van der Waals surface area contributed by atoms with Crippen LogP contribution < -0.4 is 16.0 Å². The van der Waals surface area contributed by atoms with Crippen molar-refractivity contribution in [2.24, 2.45) is 5.84 Å². The summed E-state index contributed by atoms with van der Waals surface area (Å²) < 4.78 is 5.15. The fourth-order valence-corrected chi connectivity index (χ4v) is 2.42. The van der Waals surface area contributed by atoms with E-state index in [9.17, 15) is 0 Å². The summed E-state index contributed by atoms with van der Waals surface area (Å²) in [7, 11) is 1.65. The molecule has 2 rings (SSSR count). The van der Waals surface area contributed by atoms with Gasteiger partial charge in [0.15, 0.2) is 0 Å². The van der Waals surface area contributed by atoms with Gasteiger partial charge in [-0.2, -0.15) is 0 Å². The topological polar surface area (TPSA) is 60.2 Å². The maximum Gasteiger partial charge on any atom is 0.129 e. The van der Waals surface area contributed by atoms with Gasteiger partial charge in [-0.3, -0.25) is 10.8 Å². The lowest BCUT2D eigenvalue weighted by Gasteiger charge is -2.13. The SMILES string of the molecule is COc1csc(C(NN)c2cccnc2)c1. The molecule has 0 saturated carbocycles. The number of rotatable bonds is 4. The van der Waals surface area contributed by atoms with Crippen LogP contribution in [0.3, 0.4) is 0 Å². The third kappa shape index (κ3) is 2.21. The van der Waals surface area contributed by atoms with Gasteiger partial charge >= 0.3 is 0 Å². The second-order valence-corrected chi connectivity index (χ2v) is 4.22. The van der Waals surface area contributed by atoms with E-state index in [0.29, 0.717) is 0 Å². The molecule has 1 atom stereocenters. The first-order chi connectivity index (χ1) is 7.85. The lowest BCUT2D eigenvalue weighted by molar-refractivity contribution is 0.416. The van der Waals surface area contributed by atoms with Crippen molar-refractivity contribution in [1.29, 1.82) is 0 Å². The molecule has 0 radical (unpaired) electrons. The molecule has 0 aliphatic heterocycles. The highest BCUT2D eigenvalue weighted by Gasteiger charge is 2.14. The molecule has 16 heavy (non-hydrogen) atoms. The summed E-state index contributed by atoms with van der Waals surface area (Å²) in [5, 5.41) is 1.95. The van der Waals surface area contributed by atoms with Crippen LogP contribution in [-0.4, -0.2) is 12.1 Å². The first-order valence-corrected chi connectivity index (χ1v) is 5.71. The van der Waals surface area contributed by atoms with E-state index < -0.39 is 0 Å². The van der Waals surface area contributed by atoms with Crippen molar-refractivity contribution >= 4 is 11.3 Å². The lowest BCUT2D eigenvalue weighted by atomic mass is 10.1. The molecule has 0 amide bonds. The molecule has 1 unspecified atom stereocenters. The van der Waals surface area contributed by atoms with Crippen LogP contribution in [-0.2, 0) is 0 Å². The van der Waals surface area contributed by atoms with Crippen LogP contribution in [0.1, 0.15) is 16.5 Å². The quantitative estimate of drug-likeness (QED) is 0.625. The summed E-state index contributed by atoms with van der Waals surface area (Å²) in [6.07, 6.45) is 3.54. The Morgan fingerprint density at radius 2 is 2.44 bits per heavy atom. The molecule has 0 bridgehead atoms. The number of ether oxygens (including phenoxy) is 1. The van der Waals surface area contributed by atoms with Crippen LogP contribution in [0.4, 0.5) is 0 Å². The van der Waals surface area contributed by atoms with Gasteiger partial charge in [0.1, 0.15) is 5.75 Å². The maximum absolute atomic E-state index is 5.58. The standard InChI is InChI=1S/C11H13N3OS/c1-15-9-5-10(16-7-9)11(14-12)8-3-2-4-13-6-8/h2-7,11,14H,12H2,1H3. The Morgan fingerprint density at radius 3 is 3.00 bits per heavy atom. The molecule has 2 aromatic heterocycles. The number of hydrogen-bond donors (Lipinski definition) is 2. The van der Waals surface area contributed by atoms with Crippen LogP contribution in [0.15, 0.2) is 36.0 Å². The summed E-state index contributed by atoms with van der Waals surface area (Å²) in [5.41, 5.74) is 3.82. The molecule has 0 fully saturated rings. The number of thiophene rings is 1. The average Bonchev–Trinajstić information content (AvgIpc) is 2.80. The molecule has 2 aromatic rings. The minimum Gasteiger partial charge on any atom is -0.496 e. The summed E-state index contributed by atoms with van der Waals surface area (Å²) in [6, 6.07) is 5.82. The summed E-state index contributed by atoms with van der Waals surface area (Å²) in [4.78, 5) is 5.19. The summed E-state index contributed by atoms with van der Waals surface area (Å²) in [5.74, 6) is 6.43. The zero-order valence-corrected chi connectivity index (χ0v) is 9.70. The van der Waals surface area contributed by atoms with E-state index in [4.69, 9.17) is 10.6 Å². The largest absolute Gasteiger partial charge is 0.496 e. The molecule has 5 heteroatoms. The minimum atomic E-state index is -0.0393. The van der Waals surface area contributed by atoms with Crippen molar-refractivity contribution in [2.75, 3.05) is 7.11 Å². The second-order valence-electron chi connectivity index (χ2n) is 3.27. The molecule has 0 aromatic carbocycles. The Hall–Kier alpha value is -1.43. The van der Waals surface area contributed by atoms with Gasteiger partial charge < -0.3 is 4.74 Å². The molecule has 84 valence electrons. The Bertz CT molecular complexity index is 444.